The molecular formula is C16H26N2O2. The molecule has 0 amide bonds. The van der Waals surface area contributed by atoms with Crippen LogP contribution in [0.5, 0.6) is 11.5 Å². The van der Waals surface area contributed by atoms with Gasteiger partial charge in [0.1, 0.15) is 11.5 Å². The summed E-state index contributed by atoms with van der Waals surface area (Å²) in [6, 6.07) is 6.47. The van der Waals surface area contributed by atoms with Crippen molar-refractivity contribution < 1.29 is 9.47 Å². The van der Waals surface area contributed by atoms with Gasteiger partial charge in [-0.25, -0.2) is 0 Å². The van der Waals surface area contributed by atoms with Gasteiger partial charge in [-0.15, -0.1) is 0 Å². The van der Waals surface area contributed by atoms with E-state index >= 15 is 0 Å². The molecule has 0 aliphatic carbocycles. The standard InChI is InChI=1S/C16H26N2O2/c1-4-15(18-10-5-8-17-9-11-18)14-12-13(19-2)6-7-16(14)20-3/h6-7,12,15,17H,4-5,8-11H2,1-3H3. The predicted octanol–water partition coefficient (Wildman–Crippen LogP) is 2.45. The second-order valence-electron chi connectivity index (χ2n) is 5.17. The van der Waals surface area contributed by atoms with Crippen LogP contribution in [0.3, 0.4) is 0 Å². The largest absolute Gasteiger partial charge is 0.497 e. The minimum Gasteiger partial charge on any atom is -0.497 e. The fraction of sp³-hybridized carbons (Fsp3) is 0.625. The van der Waals surface area contributed by atoms with E-state index in [0.29, 0.717) is 6.04 Å². The summed E-state index contributed by atoms with van der Waals surface area (Å²) in [7, 11) is 3.45. The third-order valence-electron chi connectivity index (χ3n) is 4.00. The fourth-order valence-corrected chi connectivity index (χ4v) is 2.95. The molecule has 0 bridgehead atoms. The first kappa shape index (κ1) is 15.1. The Morgan fingerprint density at radius 3 is 2.75 bits per heavy atom. The van der Waals surface area contributed by atoms with Crippen molar-refractivity contribution in [3.8, 4) is 11.5 Å². The number of nitrogens with zero attached hydrogens (tertiary/aromatic N) is 1. The molecule has 0 spiro atoms. The quantitative estimate of drug-likeness (QED) is 0.897. The predicted molar refractivity (Wildman–Crippen MR) is 81.6 cm³/mol. The van der Waals surface area contributed by atoms with E-state index in [1.165, 1.54) is 12.0 Å². The van der Waals surface area contributed by atoms with Gasteiger partial charge in [0.15, 0.2) is 0 Å². The van der Waals surface area contributed by atoms with Gasteiger partial charge in [-0.05, 0) is 37.6 Å². The van der Waals surface area contributed by atoms with Gasteiger partial charge in [0, 0.05) is 31.2 Å². The maximum atomic E-state index is 5.55. The number of methoxy groups -OCH3 is 2. The zero-order chi connectivity index (χ0) is 14.4. The molecule has 1 heterocycles. The summed E-state index contributed by atoms with van der Waals surface area (Å²) in [5.74, 6) is 1.85. The Labute approximate surface area is 122 Å². The Morgan fingerprint density at radius 1 is 1.20 bits per heavy atom. The second-order valence-corrected chi connectivity index (χ2v) is 5.17. The van der Waals surface area contributed by atoms with E-state index in [4.69, 9.17) is 9.47 Å². The second kappa shape index (κ2) is 7.50. The lowest BCUT2D eigenvalue weighted by atomic mass is 10.0. The average molecular weight is 278 g/mol. The SMILES string of the molecule is CCC(c1cc(OC)ccc1OC)N1CCCNCC1. The molecule has 112 valence electrons. The molecule has 1 aromatic rings. The van der Waals surface area contributed by atoms with Crippen molar-refractivity contribution in [3.05, 3.63) is 23.8 Å². The van der Waals surface area contributed by atoms with Crippen LogP contribution in [0.2, 0.25) is 0 Å². The number of ether oxygens (including phenoxy) is 2. The third kappa shape index (κ3) is 3.44. The number of rotatable bonds is 5. The van der Waals surface area contributed by atoms with E-state index in [1.54, 1.807) is 14.2 Å². The average Bonchev–Trinajstić information content (AvgIpc) is 2.77. The van der Waals surface area contributed by atoms with E-state index in [-0.39, 0.29) is 0 Å². The van der Waals surface area contributed by atoms with Crippen LogP contribution in [0.4, 0.5) is 0 Å². The molecule has 1 N–H and O–H groups in total. The van der Waals surface area contributed by atoms with E-state index < -0.39 is 0 Å². The Kier molecular flexibility index (Phi) is 5.68. The topological polar surface area (TPSA) is 33.7 Å². The third-order valence-corrected chi connectivity index (χ3v) is 4.00. The lowest BCUT2D eigenvalue weighted by Gasteiger charge is -2.31. The zero-order valence-electron chi connectivity index (χ0n) is 12.8. The Hall–Kier alpha value is -1.26. The Bertz CT molecular complexity index is 415. The number of hydrogen-bond acceptors (Lipinski definition) is 4. The number of nitrogens with one attached hydrogen (secondary N) is 1. The summed E-state index contributed by atoms with van der Waals surface area (Å²) in [5, 5.41) is 3.46. The summed E-state index contributed by atoms with van der Waals surface area (Å²) < 4.78 is 10.9. The molecule has 20 heavy (non-hydrogen) atoms. The van der Waals surface area contributed by atoms with E-state index in [1.807, 2.05) is 12.1 Å². The molecule has 0 aromatic heterocycles. The van der Waals surface area contributed by atoms with Crippen LogP contribution in [0.1, 0.15) is 31.4 Å². The molecule has 1 aliphatic rings. The smallest absolute Gasteiger partial charge is 0.123 e. The molecule has 1 unspecified atom stereocenters. The molecule has 4 heteroatoms. The monoisotopic (exact) mass is 278 g/mol. The first-order valence-corrected chi connectivity index (χ1v) is 7.46. The first-order chi connectivity index (χ1) is 9.80. The minimum absolute atomic E-state index is 0.389. The van der Waals surface area contributed by atoms with Crippen molar-refractivity contribution in [2.75, 3.05) is 40.4 Å². The van der Waals surface area contributed by atoms with Crippen LogP contribution in [0, 0.1) is 0 Å². The van der Waals surface area contributed by atoms with Crippen molar-refractivity contribution >= 4 is 0 Å². The van der Waals surface area contributed by atoms with Gasteiger partial charge in [-0.3, -0.25) is 4.90 Å². The van der Waals surface area contributed by atoms with Crippen molar-refractivity contribution in [2.24, 2.45) is 0 Å². The van der Waals surface area contributed by atoms with E-state index in [9.17, 15) is 0 Å². The summed E-state index contributed by atoms with van der Waals surface area (Å²) in [4.78, 5) is 2.55. The zero-order valence-corrected chi connectivity index (χ0v) is 12.8. The summed E-state index contributed by atoms with van der Waals surface area (Å²) in [6.45, 7) is 6.62. The molecule has 1 fully saturated rings. The highest BCUT2D eigenvalue weighted by Gasteiger charge is 2.23. The molecule has 1 atom stereocenters. The highest BCUT2D eigenvalue weighted by atomic mass is 16.5. The van der Waals surface area contributed by atoms with Gasteiger partial charge >= 0.3 is 0 Å². The highest BCUT2D eigenvalue weighted by Crippen LogP contribution is 2.34. The maximum absolute atomic E-state index is 5.55. The molecule has 1 saturated heterocycles. The normalized spacial score (nSPS) is 18.4. The summed E-state index contributed by atoms with van der Waals surface area (Å²) >= 11 is 0. The Balaban J connectivity index is 2.28. The van der Waals surface area contributed by atoms with Gasteiger partial charge < -0.3 is 14.8 Å². The van der Waals surface area contributed by atoms with Crippen LogP contribution < -0.4 is 14.8 Å². The van der Waals surface area contributed by atoms with Crippen LogP contribution >= 0.6 is 0 Å². The first-order valence-electron chi connectivity index (χ1n) is 7.46. The lowest BCUT2D eigenvalue weighted by Crippen LogP contribution is -2.32. The minimum atomic E-state index is 0.389. The van der Waals surface area contributed by atoms with Gasteiger partial charge in [-0.2, -0.15) is 0 Å². The molecule has 2 rings (SSSR count). The highest BCUT2D eigenvalue weighted by molar-refractivity contribution is 5.42. The van der Waals surface area contributed by atoms with Crippen molar-refractivity contribution in [1.29, 1.82) is 0 Å². The molecular weight excluding hydrogens is 252 g/mol. The molecule has 1 aliphatic heterocycles. The van der Waals surface area contributed by atoms with Crippen LogP contribution in [-0.2, 0) is 0 Å². The maximum Gasteiger partial charge on any atom is 0.123 e. The van der Waals surface area contributed by atoms with Crippen molar-refractivity contribution in [1.82, 2.24) is 10.2 Å². The van der Waals surface area contributed by atoms with Crippen LogP contribution in [0.25, 0.3) is 0 Å². The molecule has 0 saturated carbocycles. The van der Waals surface area contributed by atoms with Crippen molar-refractivity contribution in [2.45, 2.75) is 25.8 Å². The van der Waals surface area contributed by atoms with E-state index in [0.717, 1.165) is 44.1 Å². The van der Waals surface area contributed by atoms with Gasteiger partial charge in [0.25, 0.3) is 0 Å². The van der Waals surface area contributed by atoms with Crippen molar-refractivity contribution in [3.63, 3.8) is 0 Å². The lowest BCUT2D eigenvalue weighted by molar-refractivity contribution is 0.200. The van der Waals surface area contributed by atoms with Crippen LogP contribution in [-0.4, -0.2) is 45.3 Å². The fourth-order valence-electron chi connectivity index (χ4n) is 2.95. The molecule has 0 radical (unpaired) electrons. The summed E-state index contributed by atoms with van der Waals surface area (Å²) in [6.07, 6.45) is 2.27. The number of hydrogen-bond donors (Lipinski definition) is 1. The molecule has 4 nitrogen and oxygen atoms in total. The van der Waals surface area contributed by atoms with Gasteiger partial charge in [0.2, 0.25) is 0 Å². The van der Waals surface area contributed by atoms with Gasteiger partial charge in [0.05, 0.1) is 14.2 Å². The van der Waals surface area contributed by atoms with Crippen LogP contribution in [0.15, 0.2) is 18.2 Å². The summed E-state index contributed by atoms with van der Waals surface area (Å²) in [5.41, 5.74) is 1.23. The Morgan fingerprint density at radius 2 is 2.05 bits per heavy atom. The number of benzene rings is 1. The van der Waals surface area contributed by atoms with E-state index in [2.05, 4.69) is 23.2 Å². The van der Waals surface area contributed by atoms with Gasteiger partial charge in [-0.1, -0.05) is 6.92 Å². The molecule has 1 aromatic carbocycles.